The van der Waals surface area contributed by atoms with Crippen molar-refractivity contribution in [1.29, 1.82) is 0 Å². The summed E-state index contributed by atoms with van der Waals surface area (Å²) >= 11 is 2.96. The Kier molecular flexibility index (Phi) is 3.61. The Morgan fingerprint density at radius 1 is 1.71 bits per heavy atom. The Morgan fingerprint density at radius 2 is 2.29 bits per heavy atom. The van der Waals surface area contributed by atoms with Crippen molar-refractivity contribution in [1.82, 2.24) is 0 Å². The Bertz CT molecular complexity index is 105. The molecule has 0 aromatic heterocycles. The van der Waals surface area contributed by atoms with E-state index in [0.717, 1.165) is 0 Å². The molecule has 0 bridgehead atoms. The number of carbonyl (C=O) groups excluding carboxylic acids is 1. The Labute approximate surface area is 50.8 Å². The summed E-state index contributed by atoms with van der Waals surface area (Å²) in [5, 5.41) is 0. The first-order valence-corrected chi connectivity index (χ1v) is 2.54. The molecule has 0 rings (SSSR count). The van der Waals surface area contributed by atoms with E-state index in [1.165, 1.54) is 0 Å². The second-order valence-electron chi connectivity index (χ2n) is 0.905. The predicted octanol–water partition coefficient (Wildman–Crippen LogP) is 1.65. The van der Waals surface area contributed by atoms with Gasteiger partial charge in [-0.1, -0.05) is 12.7 Å². The van der Waals surface area contributed by atoms with Crippen LogP contribution in [-0.2, 0) is 4.79 Å². The number of aldehydes is 1. The Balaban J connectivity index is 3.72. The standard InChI is InChI=1S/C5H5BrO/c1-2-3-5(6)4-7/h2-4H,1H2/b5-3-. The smallest absolute Gasteiger partial charge is 0.156 e. The van der Waals surface area contributed by atoms with Crippen LogP contribution in [0.4, 0.5) is 0 Å². The third-order valence-corrected chi connectivity index (χ3v) is 0.841. The summed E-state index contributed by atoms with van der Waals surface area (Å²) in [7, 11) is 0. The second kappa shape index (κ2) is 3.81. The van der Waals surface area contributed by atoms with Gasteiger partial charge in [-0.25, -0.2) is 0 Å². The molecule has 0 N–H and O–H groups in total. The van der Waals surface area contributed by atoms with E-state index in [1.54, 1.807) is 12.2 Å². The molecular weight excluding hydrogens is 156 g/mol. The molecule has 0 aromatic carbocycles. The predicted molar refractivity (Wildman–Crippen MR) is 33.3 cm³/mol. The zero-order valence-corrected chi connectivity index (χ0v) is 5.31. The van der Waals surface area contributed by atoms with E-state index in [4.69, 9.17) is 0 Å². The zero-order chi connectivity index (χ0) is 5.70. The van der Waals surface area contributed by atoms with Gasteiger partial charge in [0.05, 0.1) is 4.48 Å². The van der Waals surface area contributed by atoms with Crippen LogP contribution >= 0.6 is 15.9 Å². The van der Waals surface area contributed by atoms with E-state index >= 15 is 0 Å². The van der Waals surface area contributed by atoms with Gasteiger partial charge in [0.25, 0.3) is 0 Å². The molecule has 0 saturated heterocycles. The molecule has 38 valence electrons. The minimum Gasteiger partial charge on any atom is -0.297 e. The maximum absolute atomic E-state index is 9.73. The minimum absolute atomic E-state index is 0.516. The van der Waals surface area contributed by atoms with Gasteiger partial charge in [-0.2, -0.15) is 0 Å². The lowest BCUT2D eigenvalue weighted by Crippen LogP contribution is -1.65. The van der Waals surface area contributed by atoms with Gasteiger partial charge in [-0.3, -0.25) is 4.79 Å². The largest absolute Gasteiger partial charge is 0.297 e. The van der Waals surface area contributed by atoms with Gasteiger partial charge >= 0.3 is 0 Å². The van der Waals surface area contributed by atoms with Crippen molar-refractivity contribution in [2.45, 2.75) is 0 Å². The van der Waals surface area contributed by atoms with Crippen LogP contribution in [-0.4, -0.2) is 6.29 Å². The third kappa shape index (κ3) is 3.46. The zero-order valence-electron chi connectivity index (χ0n) is 3.73. The highest BCUT2D eigenvalue weighted by Crippen LogP contribution is 1.97. The van der Waals surface area contributed by atoms with Gasteiger partial charge in [0, 0.05) is 0 Å². The molecule has 0 saturated carbocycles. The van der Waals surface area contributed by atoms with E-state index in [-0.39, 0.29) is 0 Å². The van der Waals surface area contributed by atoms with Crippen molar-refractivity contribution in [2.75, 3.05) is 0 Å². The summed E-state index contributed by atoms with van der Waals surface area (Å²) < 4.78 is 0.516. The van der Waals surface area contributed by atoms with Gasteiger partial charge in [0.15, 0.2) is 6.29 Å². The average molecular weight is 161 g/mol. The van der Waals surface area contributed by atoms with E-state index in [9.17, 15) is 4.79 Å². The number of allylic oxidation sites excluding steroid dienone is 3. The third-order valence-electron chi connectivity index (χ3n) is 0.390. The monoisotopic (exact) mass is 160 g/mol. The number of rotatable bonds is 2. The minimum atomic E-state index is 0.516. The lowest BCUT2D eigenvalue weighted by molar-refractivity contribution is -0.104. The van der Waals surface area contributed by atoms with Crippen LogP contribution in [0, 0.1) is 0 Å². The van der Waals surface area contributed by atoms with Gasteiger partial charge in [-0.15, -0.1) is 0 Å². The molecule has 0 spiro atoms. The first-order valence-electron chi connectivity index (χ1n) is 1.74. The summed E-state index contributed by atoms with van der Waals surface area (Å²) in [6, 6.07) is 0. The lowest BCUT2D eigenvalue weighted by atomic mass is 10.5. The molecule has 0 atom stereocenters. The number of halogens is 1. The average Bonchev–Trinajstić information content (AvgIpc) is 1.68. The fraction of sp³-hybridized carbons (Fsp3) is 0. The molecule has 0 heterocycles. The molecule has 0 amide bonds. The van der Waals surface area contributed by atoms with Crippen molar-refractivity contribution >= 4 is 22.2 Å². The maximum Gasteiger partial charge on any atom is 0.156 e. The van der Waals surface area contributed by atoms with Crippen LogP contribution in [0.2, 0.25) is 0 Å². The summed E-state index contributed by atoms with van der Waals surface area (Å²) in [4.78, 5) is 9.73. The molecule has 7 heavy (non-hydrogen) atoms. The molecule has 0 aliphatic carbocycles. The van der Waals surface area contributed by atoms with Gasteiger partial charge in [0.2, 0.25) is 0 Å². The summed E-state index contributed by atoms with van der Waals surface area (Å²) in [6.07, 6.45) is 3.83. The van der Waals surface area contributed by atoms with Crippen molar-refractivity contribution in [3.05, 3.63) is 23.2 Å². The first kappa shape index (κ1) is 6.63. The molecule has 0 radical (unpaired) electrons. The quantitative estimate of drug-likeness (QED) is 0.342. The SMILES string of the molecule is C=C/C=C(\Br)C=O. The van der Waals surface area contributed by atoms with Crippen molar-refractivity contribution < 1.29 is 4.79 Å². The molecule has 0 aliphatic rings. The number of hydrogen-bond acceptors (Lipinski definition) is 1. The Hall–Kier alpha value is -0.370. The highest BCUT2D eigenvalue weighted by atomic mass is 79.9. The summed E-state index contributed by atoms with van der Waals surface area (Å²) in [6.45, 7) is 3.38. The van der Waals surface area contributed by atoms with Gasteiger partial charge in [-0.05, 0) is 22.0 Å². The molecular formula is C5H5BrO. The van der Waals surface area contributed by atoms with E-state index < -0.39 is 0 Å². The topological polar surface area (TPSA) is 17.1 Å². The molecule has 1 nitrogen and oxygen atoms in total. The molecule has 2 heteroatoms. The van der Waals surface area contributed by atoms with Crippen LogP contribution in [0.1, 0.15) is 0 Å². The lowest BCUT2D eigenvalue weighted by Gasteiger charge is -1.72. The van der Waals surface area contributed by atoms with E-state index in [2.05, 4.69) is 22.5 Å². The fourth-order valence-corrected chi connectivity index (χ4v) is 0.339. The highest BCUT2D eigenvalue weighted by Gasteiger charge is 1.77. The van der Waals surface area contributed by atoms with Crippen LogP contribution < -0.4 is 0 Å². The number of carbonyl (C=O) groups is 1. The summed E-state index contributed by atoms with van der Waals surface area (Å²) in [5.74, 6) is 0. The van der Waals surface area contributed by atoms with Gasteiger partial charge < -0.3 is 0 Å². The van der Waals surface area contributed by atoms with E-state index in [1.807, 2.05) is 0 Å². The molecule has 0 aromatic rings. The Morgan fingerprint density at radius 3 is 2.43 bits per heavy atom. The number of hydrogen-bond donors (Lipinski definition) is 0. The first-order chi connectivity index (χ1) is 3.31. The summed E-state index contributed by atoms with van der Waals surface area (Å²) in [5.41, 5.74) is 0. The van der Waals surface area contributed by atoms with E-state index in [0.29, 0.717) is 10.8 Å². The van der Waals surface area contributed by atoms with Crippen LogP contribution in [0.5, 0.6) is 0 Å². The highest BCUT2D eigenvalue weighted by molar-refractivity contribution is 9.12. The molecule has 0 aliphatic heterocycles. The van der Waals surface area contributed by atoms with Crippen LogP contribution in [0.15, 0.2) is 23.2 Å². The fourth-order valence-electron chi connectivity index (χ4n) is 0.152. The second-order valence-corrected chi connectivity index (χ2v) is 1.82. The molecule has 0 unspecified atom stereocenters. The van der Waals surface area contributed by atoms with Crippen molar-refractivity contribution in [3.8, 4) is 0 Å². The van der Waals surface area contributed by atoms with Crippen LogP contribution in [0.25, 0.3) is 0 Å². The van der Waals surface area contributed by atoms with Crippen molar-refractivity contribution in [2.24, 2.45) is 0 Å². The normalized spacial score (nSPS) is 10.7. The van der Waals surface area contributed by atoms with Crippen molar-refractivity contribution in [3.63, 3.8) is 0 Å². The molecule has 0 fully saturated rings. The van der Waals surface area contributed by atoms with Gasteiger partial charge in [0.1, 0.15) is 0 Å². The van der Waals surface area contributed by atoms with Crippen LogP contribution in [0.3, 0.4) is 0 Å². The maximum atomic E-state index is 9.73.